The van der Waals surface area contributed by atoms with E-state index in [9.17, 15) is 8.42 Å². The fraction of sp³-hybridized carbons (Fsp3) is 0.174. The van der Waals surface area contributed by atoms with E-state index in [1.807, 2.05) is 55.4 Å². The van der Waals surface area contributed by atoms with Gasteiger partial charge in [-0.3, -0.25) is 0 Å². The van der Waals surface area contributed by atoms with Gasteiger partial charge in [-0.1, -0.05) is 54.1 Å². The topological polar surface area (TPSA) is 53.0 Å². The van der Waals surface area contributed by atoms with Crippen molar-refractivity contribution < 1.29 is 8.42 Å². The first-order chi connectivity index (χ1) is 14.4. The van der Waals surface area contributed by atoms with E-state index in [0.717, 1.165) is 22.5 Å². The first-order valence-corrected chi connectivity index (χ1v) is 11.4. The summed E-state index contributed by atoms with van der Waals surface area (Å²) in [4.78, 5) is 2.22. The fourth-order valence-corrected chi connectivity index (χ4v) is 5.16. The Morgan fingerprint density at radius 1 is 0.967 bits per heavy atom. The van der Waals surface area contributed by atoms with Gasteiger partial charge in [-0.2, -0.15) is 17.9 Å². The molecule has 1 unspecified atom stereocenters. The molecule has 0 fully saturated rings. The van der Waals surface area contributed by atoms with E-state index in [-0.39, 0.29) is 4.90 Å². The number of hydrazone groups is 1. The highest BCUT2D eigenvalue weighted by atomic mass is 35.5. The molecule has 1 aliphatic rings. The van der Waals surface area contributed by atoms with Gasteiger partial charge in [0, 0.05) is 31.2 Å². The van der Waals surface area contributed by atoms with Gasteiger partial charge in [0.05, 0.1) is 16.6 Å². The summed E-state index contributed by atoms with van der Waals surface area (Å²) in [5.74, 6) is 0. The molecule has 1 aliphatic heterocycles. The van der Waals surface area contributed by atoms with E-state index >= 15 is 0 Å². The number of hydrogen-bond donors (Lipinski definition) is 0. The Labute approximate surface area is 182 Å². The molecule has 4 rings (SSSR count). The second kappa shape index (κ2) is 8.13. The summed E-state index contributed by atoms with van der Waals surface area (Å²) in [5.41, 5.74) is 3.46. The molecular formula is C23H22ClN3O2S. The lowest BCUT2D eigenvalue weighted by molar-refractivity contribution is 0.371. The third-order valence-electron chi connectivity index (χ3n) is 5.09. The van der Waals surface area contributed by atoms with Crippen LogP contribution in [0.1, 0.15) is 23.6 Å². The molecule has 0 radical (unpaired) electrons. The quantitative estimate of drug-likeness (QED) is 0.565. The number of halogens is 1. The van der Waals surface area contributed by atoms with Crippen LogP contribution < -0.4 is 4.90 Å². The summed E-state index contributed by atoms with van der Waals surface area (Å²) < 4.78 is 28.1. The van der Waals surface area contributed by atoms with Crippen molar-refractivity contribution in [2.75, 3.05) is 19.0 Å². The van der Waals surface area contributed by atoms with Crippen molar-refractivity contribution in [1.82, 2.24) is 4.41 Å². The van der Waals surface area contributed by atoms with Crippen molar-refractivity contribution in [2.45, 2.75) is 17.4 Å². The second-order valence-corrected chi connectivity index (χ2v) is 9.59. The molecule has 30 heavy (non-hydrogen) atoms. The number of nitrogens with zero attached hydrogens (tertiary/aromatic N) is 3. The Hall–Kier alpha value is -2.83. The zero-order chi connectivity index (χ0) is 21.3. The molecule has 0 amide bonds. The highest BCUT2D eigenvalue weighted by Gasteiger charge is 2.37. The normalized spacial score (nSPS) is 16.4. The van der Waals surface area contributed by atoms with E-state index in [1.54, 1.807) is 42.5 Å². The first kappa shape index (κ1) is 20.4. The summed E-state index contributed by atoms with van der Waals surface area (Å²) in [6.45, 7) is 0. The number of anilines is 1. The van der Waals surface area contributed by atoms with Gasteiger partial charge < -0.3 is 4.90 Å². The van der Waals surface area contributed by atoms with E-state index in [1.165, 1.54) is 4.41 Å². The predicted molar refractivity (Wildman–Crippen MR) is 122 cm³/mol. The van der Waals surface area contributed by atoms with E-state index in [2.05, 4.69) is 5.10 Å². The molecule has 0 aliphatic carbocycles. The third kappa shape index (κ3) is 3.93. The zero-order valence-electron chi connectivity index (χ0n) is 16.7. The van der Waals surface area contributed by atoms with Gasteiger partial charge in [0.15, 0.2) is 0 Å². The maximum Gasteiger partial charge on any atom is 0.279 e. The highest BCUT2D eigenvalue weighted by Crippen LogP contribution is 2.38. The smallest absolute Gasteiger partial charge is 0.279 e. The minimum absolute atomic E-state index is 0.212. The minimum Gasteiger partial charge on any atom is -0.378 e. The number of rotatable bonds is 5. The van der Waals surface area contributed by atoms with Gasteiger partial charge in [-0.15, -0.1) is 0 Å². The molecule has 1 heterocycles. The van der Waals surface area contributed by atoms with Crippen LogP contribution in [0.4, 0.5) is 5.69 Å². The van der Waals surface area contributed by atoms with Crippen molar-refractivity contribution in [2.24, 2.45) is 5.10 Å². The van der Waals surface area contributed by atoms with Crippen molar-refractivity contribution in [3.8, 4) is 0 Å². The lowest BCUT2D eigenvalue weighted by Gasteiger charge is -2.23. The minimum atomic E-state index is -3.82. The van der Waals surface area contributed by atoms with E-state index in [4.69, 9.17) is 11.6 Å². The van der Waals surface area contributed by atoms with Gasteiger partial charge in [0.25, 0.3) is 10.0 Å². The molecule has 0 bridgehead atoms. The number of sulfonamides is 1. The van der Waals surface area contributed by atoms with Crippen LogP contribution >= 0.6 is 11.6 Å². The number of benzene rings is 3. The van der Waals surface area contributed by atoms with Crippen molar-refractivity contribution >= 4 is 33.0 Å². The van der Waals surface area contributed by atoms with Crippen molar-refractivity contribution in [3.63, 3.8) is 0 Å². The Kier molecular flexibility index (Phi) is 5.54. The monoisotopic (exact) mass is 439 g/mol. The van der Waals surface area contributed by atoms with Crippen molar-refractivity contribution in [1.29, 1.82) is 0 Å². The molecule has 154 valence electrons. The summed E-state index contributed by atoms with van der Waals surface area (Å²) in [5, 5.41) is 5.16. The van der Waals surface area contributed by atoms with Crippen LogP contribution in [0, 0.1) is 0 Å². The van der Waals surface area contributed by atoms with Crippen LogP contribution in [0.2, 0.25) is 5.02 Å². The Bertz CT molecular complexity index is 1190. The van der Waals surface area contributed by atoms with Gasteiger partial charge in [-0.05, 0) is 47.5 Å². The summed E-state index contributed by atoms with van der Waals surface area (Å²) in [7, 11) is 0.114. The molecule has 0 saturated carbocycles. The molecule has 0 aromatic heterocycles. The highest BCUT2D eigenvalue weighted by molar-refractivity contribution is 7.89. The average Bonchev–Trinajstić information content (AvgIpc) is 3.21. The largest absolute Gasteiger partial charge is 0.378 e. The third-order valence-corrected chi connectivity index (χ3v) is 7.02. The van der Waals surface area contributed by atoms with Crippen LogP contribution in [0.5, 0.6) is 0 Å². The lowest BCUT2D eigenvalue weighted by atomic mass is 9.99. The summed E-state index contributed by atoms with van der Waals surface area (Å²) in [6, 6.07) is 23.2. The average molecular weight is 440 g/mol. The maximum atomic E-state index is 13.4. The van der Waals surface area contributed by atoms with Crippen LogP contribution in [0.25, 0.3) is 0 Å². The molecule has 3 aromatic rings. The van der Waals surface area contributed by atoms with Gasteiger partial charge >= 0.3 is 0 Å². The SMILES string of the molecule is CN(C)c1cccc(C2=NN(S(=O)(=O)c3ccccc3)C(c3cccc(Cl)c3)C2)c1. The molecule has 0 saturated heterocycles. The zero-order valence-corrected chi connectivity index (χ0v) is 18.3. The van der Waals surface area contributed by atoms with Crippen molar-refractivity contribution in [3.05, 3.63) is 95.0 Å². The summed E-state index contributed by atoms with van der Waals surface area (Å²) >= 11 is 6.20. The second-order valence-electron chi connectivity index (χ2n) is 7.36. The molecule has 0 N–H and O–H groups in total. The standard InChI is InChI=1S/C23H22ClN3O2S/c1-26(2)20-11-7-8-17(15-20)22-16-23(18-9-6-10-19(24)14-18)27(25-22)30(28,29)21-12-4-3-5-13-21/h3-15,23H,16H2,1-2H3. The molecule has 1 atom stereocenters. The van der Waals surface area contributed by atoms with Crippen LogP contribution in [-0.2, 0) is 10.0 Å². The predicted octanol–water partition coefficient (Wildman–Crippen LogP) is 4.95. The molecule has 7 heteroatoms. The molecule has 0 spiro atoms. The Morgan fingerprint density at radius 3 is 2.40 bits per heavy atom. The van der Waals surface area contributed by atoms with Crippen LogP contribution in [0.3, 0.4) is 0 Å². The van der Waals surface area contributed by atoms with Gasteiger partial charge in [0.1, 0.15) is 0 Å². The van der Waals surface area contributed by atoms with Crippen LogP contribution in [0.15, 0.2) is 88.9 Å². The van der Waals surface area contributed by atoms with Crippen LogP contribution in [-0.4, -0.2) is 32.6 Å². The molecular weight excluding hydrogens is 418 g/mol. The molecule has 5 nitrogen and oxygen atoms in total. The van der Waals surface area contributed by atoms with E-state index < -0.39 is 16.1 Å². The number of hydrogen-bond acceptors (Lipinski definition) is 4. The van der Waals surface area contributed by atoms with Gasteiger partial charge in [0.2, 0.25) is 0 Å². The van der Waals surface area contributed by atoms with E-state index in [0.29, 0.717) is 11.4 Å². The maximum absolute atomic E-state index is 13.4. The van der Waals surface area contributed by atoms with Gasteiger partial charge in [-0.25, -0.2) is 0 Å². The summed E-state index contributed by atoms with van der Waals surface area (Å²) in [6.07, 6.45) is 0.462. The Morgan fingerprint density at radius 2 is 1.70 bits per heavy atom. The molecule has 3 aromatic carbocycles. The fourth-order valence-electron chi connectivity index (χ4n) is 3.51. The first-order valence-electron chi connectivity index (χ1n) is 9.56. The lowest BCUT2D eigenvalue weighted by Crippen LogP contribution is -2.27. The Balaban J connectivity index is 1.81.